The molecule has 7 nitrogen and oxygen atoms in total. The normalized spacial score (nSPS) is 18.2. The lowest BCUT2D eigenvalue weighted by atomic mass is 10.00. The fraction of sp³-hybridized carbons (Fsp3) is 0.250. The molecule has 1 fully saturated rings. The Bertz CT molecular complexity index is 1300. The van der Waals surface area contributed by atoms with Gasteiger partial charge in [-0.15, -0.1) is 0 Å². The van der Waals surface area contributed by atoms with Crippen LogP contribution >= 0.6 is 11.6 Å². The molecule has 2 aliphatic rings. The van der Waals surface area contributed by atoms with Crippen LogP contribution in [0.1, 0.15) is 34.3 Å². The van der Waals surface area contributed by atoms with Gasteiger partial charge in [0.25, 0.3) is 5.91 Å². The van der Waals surface area contributed by atoms with Crippen LogP contribution in [0.15, 0.2) is 42.7 Å². The molecular weight excluding hydrogens is 428 g/mol. The van der Waals surface area contributed by atoms with Crippen LogP contribution in [0.4, 0.5) is 0 Å². The second kappa shape index (κ2) is 7.60. The zero-order valence-electron chi connectivity index (χ0n) is 17.7. The van der Waals surface area contributed by atoms with E-state index in [1.165, 1.54) is 0 Å². The van der Waals surface area contributed by atoms with Crippen LogP contribution in [0.2, 0.25) is 5.02 Å². The Kier molecular flexibility index (Phi) is 4.86. The Morgan fingerprint density at radius 1 is 1.09 bits per heavy atom. The number of piperidine rings is 1. The fourth-order valence-corrected chi connectivity index (χ4v) is 4.62. The number of benzene rings is 2. The highest BCUT2D eigenvalue weighted by atomic mass is 35.5. The Morgan fingerprint density at radius 2 is 1.88 bits per heavy atom. The topological polar surface area (TPSA) is 84.3 Å². The summed E-state index contributed by atoms with van der Waals surface area (Å²) < 4.78 is 1.95. The van der Waals surface area contributed by atoms with Crippen molar-refractivity contribution in [3.8, 4) is 22.5 Å². The van der Waals surface area contributed by atoms with Gasteiger partial charge in [-0.2, -0.15) is 0 Å². The molecule has 1 unspecified atom stereocenters. The highest BCUT2D eigenvalue weighted by Gasteiger charge is 2.39. The first-order valence-electron chi connectivity index (χ1n) is 10.4. The highest BCUT2D eigenvalue weighted by Crippen LogP contribution is 2.36. The molecule has 1 atom stereocenters. The maximum atomic E-state index is 13.0. The summed E-state index contributed by atoms with van der Waals surface area (Å²) in [6.45, 7) is 2.29. The van der Waals surface area contributed by atoms with Gasteiger partial charge < -0.3 is 9.47 Å². The van der Waals surface area contributed by atoms with Gasteiger partial charge in [0.15, 0.2) is 0 Å². The minimum atomic E-state index is -0.629. The monoisotopic (exact) mass is 448 g/mol. The number of hydrogen-bond acceptors (Lipinski definition) is 4. The molecule has 0 spiro atoms. The largest absolute Gasteiger partial charge is 0.333 e. The van der Waals surface area contributed by atoms with Crippen LogP contribution in [0, 0.1) is 6.92 Å². The number of halogens is 1. The maximum Gasteiger partial charge on any atom is 0.255 e. The summed E-state index contributed by atoms with van der Waals surface area (Å²) in [7, 11) is 1.93. The summed E-state index contributed by atoms with van der Waals surface area (Å²) in [5, 5.41) is 3.02. The molecule has 0 aliphatic carbocycles. The summed E-state index contributed by atoms with van der Waals surface area (Å²) in [5.74, 6) is -0.893. The number of hydrogen-bond donors (Lipinski definition) is 1. The van der Waals surface area contributed by atoms with E-state index in [0.717, 1.165) is 33.6 Å². The van der Waals surface area contributed by atoms with Gasteiger partial charge in [0, 0.05) is 41.7 Å². The van der Waals surface area contributed by atoms with E-state index in [1.54, 1.807) is 17.3 Å². The lowest BCUT2D eigenvalue weighted by Gasteiger charge is -2.29. The number of fused-ring (bicyclic) bond motifs is 1. The van der Waals surface area contributed by atoms with Crippen LogP contribution in [0.5, 0.6) is 0 Å². The van der Waals surface area contributed by atoms with Crippen molar-refractivity contribution in [2.45, 2.75) is 32.4 Å². The van der Waals surface area contributed by atoms with Gasteiger partial charge in [-0.3, -0.25) is 19.7 Å². The molecule has 0 radical (unpaired) electrons. The molecule has 8 heteroatoms. The average molecular weight is 449 g/mol. The summed E-state index contributed by atoms with van der Waals surface area (Å²) in [6.07, 6.45) is 2.33. The van der Waals surface area contributed by atoms with Crippen LogP contribution in [-0.2, 0) is 23.2 Å². The number of amides is 3. The van der Waals surface area contributed by atoms with Crippen molar-refractivity contribution >= 4 is 29.3 Å². The standard InChI is InChI=1S/C24H21ClN4O3/c1-13-3-4-15(10-18(13)25)22-21(26-12-28(22)2)14-5-6-17-16(9-14)11-29(24(17)32)19-7-8-20(30)27-23(19)31/h3-6,9-10,12,19H,7-8,11H2,1-2H3,(H,27,30,31). The third-order valence-electron chi connectivity index (χ3n) is 6.18. The van der Waals surface area contributed by atoms with E-state index < -0.39 is 11.9 Å². The van der Waals surface area contributed by atoms with Gasteiger partial charge in [0.05, 0.1) is 17.7 Å². The fourth-order valence-electron chi connectivity index (χ4n) is 4.44. The number of carbonyl (C=O) groups is 3. The summed E-state index contributed by atoms with van der Waals surface area (Å²) in [5.41, 5.74) is 5.99. The molecule has 3 aromatic rings. The Labute approximate surface area is 190 Å². The Balaban J connectivity index is 1.50. The first-order valence-corrected chi connectivity index (χ1v) is 10.8. The first kappa shape index (κ1) is 20.5. The van der Waals surface area contributed by atoms with E-state index in [2.05, 4.69) is 10.3 Å². The zero-order valence-corrected chi connectivity index (χ0v) is 18.4. The first-order chi connectivity index (χ1) is 15.3. The van der Waals surface area contributed by atoms with Crippen molar-refractivity contribution in [3.05, 3.63) is 64.4 Å². The van der Waals surface area contributed by atoms with Crippen molar-refractivity contribution in [2.75, 3.05) is 0 Å². The lowest BCUT2D eigenvalue weighted by molar-refractivity contribution is -0.136. The van der Waals surface area contributed by atoms with Crippen molar-refractivity contribution < 1.29 is 14.4 Å². The van der Waals surface area contributed by atoms with Crippen LogP contribution < -0.4 is 5.32 Å². The molecule has 2 aromatic carbocycles. The molecule has 0 bridgehead atoms. The second-order valence-electron chi connectivity index (χ2n) is 8.29. The van der Waals surface area contributed by atoms with Crippen molar-refractivity contribution in [1.29, 1.82) is 0 Å². The van der Waals surface area contributed by atoms with Gasteiger partial charge in [0.1, 0.15) is 6.04 Å². The van der Waals surface area contributed by atoms with Crippen LogP contribution in [0.25, 0.3) is 22.5 Å². The average Bonchev–Trinajstić information content (AvgIpc) is 3.30. The third kappa shape index (κ3) is 3.29. The van der Waals surface area contributed by atoms with Gasteiger partial charge in [-0.25, -0.2) is 4.98 Å². The molecule has 162 valence electrons. The molecular formula is C24H21ClN4O3. The smallest absolute Gasteiger partial charge is 0.255 e. The number of nitrogens with zero attached hydrogens (tertiary/aromatic N) is 3. The summed E-state index contributed by atoms with van der Waals surface area (Å²) >= 11 is 6.36. The highest BCUT2D eigenvalue weighted by molar-refractivity contribution is 6.31. The molecule has 32 heavy (non-hydrogen) atoms. The quantitative estimate of drug-likeness (QED) is 0.622. The molecule has 3 amide bonds. The number of carbonyl (C=O) groups excluding carboxylic acids is 3. The molecule has 3 heterocycles. The number of imidazole rings is 1. The third-order valence-corrected chi connectivity index (χ3v) is 6.59. The van der Waals surface area contributed by atoms with E-state index in [9.17, 15) is 14.4 Å². The van der Waals surface area contributed by atoms with E-state index in [-0.39, 0.29) is 18.2 Å². The molecule has 5 rings (SSSR count). The molecule has 0 saturated carbocycles. The minimum absolute atomic E-state index is 0.187. The van der Waals surface area contributed by atoms with Gasteiger partial charge in [0.2, 0.25) is 11.8 Å². The maximum absolute atomic E-state index is 13.0. The SMILES string of the molecule is Cc1ccc(-c2c(-c3ccc4c(c3)CN(C3CCC(=O)NC3=O)C4=O)ncn2C)cc1Cl. The molecule has 1 N–H and O–H groups in total. The second-order valence-corrected chi connectivity index (χ2v) is 8.70. The summed E-state index contributed by atoms with van der Waals surface area (Å²) in [6, 6.07) is 10.9. The Hall–Kier alpha value is -3.45. The number of imide groups is 1. The van der Waals surface area contributed by atoms with E-state index in [0.29, 0.717) is 23.6 Å². The molecule has 1 aromatic heterocycles. The van der Waals surface area contributed by atoms with E-state index in [4.69, 9.17) is 11.6 Å². The predicted molar refractivity (Wildman–Crippen MR) is 120 cm³/mol. The van der Waals surface area contributed by atoms with Crippen molar-refractivity contribution in [3.63, 3.8) is 0 Å². The van der Waals surface area contributed by atoms with Crippen molar-refractivity contribution in [1.82, 2.24) is 19.8 Å². The zero-order chi connectivity index (χ0) is 22.6. The minimum Gasteiger partial charge on any atom is -0.333 e. The molecule has 2 aliphatic heterocycles. The predicted octanol–water partition coefficient (Wildman–Crippen LogP) is 3.48. The lowest BCUT2D eigenvalue weighted by Crippen LogP contribution is -2.52. The number of rotatable bonds is 3. The van der Waals surface area contributed by atoms with Crippen molar-refractivity contribution in [2.24, 2.45) is 7.05 Å². The van der Waals surface area contributed by atoms with Gasteiger partial charge in [-0.05, 0) is 42.7 Å². The Morgan fingerprint density at radius 3 is 2.62 bits per heavy atom. The number of nitrogens with one attached hydrogen (secondary N) is 1. The van der Waals surface area contributed by atoms with Crippen LogP contribution in [-0.4, -0.2) is 38.2 Å². The number of aryl methyl sites for hydroxylation is 2. The van der Waals surface area contributed by atoms with E-state index in [1.807, 2.05) is 48.9 Å². The van der Waals surface area contributed by atoms with Crippen LogP contribution in [0.3, 0.4) is 0 Å². The van der Waals surface area contributed by atoms with Gasteiger partial charge in [-0.1, -0.05) is 29.8 Å². The number of aromatic nitrogens is 2. The van der Waals surface area contributed by atoms with E-state index >= 15 is 0 Å². The molecule has 1 saturated heterocycles. The summed E-state index contributed by atoms with van der Waals surface area (Å²) in [4.78, 5) is 42.9. The van der Waals surface area contributed by atoms with Gasteiger partial charge >= 0.3 is 0 Å².